The molecule has 0 aliphatic heterocycles. The molecule has 0 aliphatic carbocycles. The van der Waals surface area contributed by atoms with Gasteiger partial charge in [-0.15, -0.1) is 0 Å². The molecule has 0 spiro atoms. The summed E-state index contributed by atoms with van der Waals surface area (Å²) in [5.74, 6) is -0.858. The minimum atomic E-state index is -0.531. The van der Waals surface area contributed by atoms with Gasteiger partial charge in [-0.1, -0.05) is 6.07 Å². The summed E-state index contributed by atoms with van der Waals surface area (Å²) >= 11 is 0. The van der Waals surface area contributed by atoms with Gasteiger partial charge in [0.15, 0.2) is 0 Å². The minimum Gasteiger partial charge on any atom is -0.396 e. The molecule has 4 nitrogen and oxygen atoms in total. The number of nitrogen functional groups attached to an aromatic ring is 1. The van der Waals surface area contributed by atoms with Crippen LogP contribution in [0.5, 0.6) is 0 Å². The third kappa shape index (κ3) is 3.06. The van der Waals surface area contributed by atoms with Crippen molar-refractivity contribution >= 4 is 23.0 Å². The predicted molar refractivity (Wildman–Crippen MR) is 79.5 cm³/mol. The van der Waals surface area contributed by atoms with E-state index in [0.717, 1.165) is 5.69 Å². The molecule has 0 radical (unpaired) electrons. The maximum Gasteiger partial charge on any atom is 0.255 e. The number of benzene rings is 2. The number of anilines is 3. The lowest BCUT2D eigenvalue weighted by atomic mass is 10.1. The van der Waals surface area contributed by atoms with Gasteiger partial charge in [0.05, 0.1) is 5.69 Å². The fourth-order valence-electron chi connectivity index (χ4n) is 1.75. The van der Waals surface area contributed by atoms with Gasteiger partial charge in [0, 0.05) is 31.0 Å². The van der Waals surface area contributed by atoms with E-state index in [1.54, 1.807) is 6.07 Å². The van der Waals surface area contributed by atoms with Crippen molar-refractivity contribution < 1.29 is 9.18 Å². The molecule has 20 heavy (non-hydrogen) atoms. The first kappa shape index (κ1) is 13.9. The Morgan fingerprint density at radius 3 is 2.60 bits per heavy atom. The summed E-state index contributed by atoms with van der Waals surface area (Å²) in [6, 6.07) is 11.3. The summed E-state index contributed by atoms with van der Waals surface area (Å²) in [7, 11) is 3.84. The van der Waals surface area contributed by atoms with Crippen molar-refractivity contribution in [2.45, 2.75) is 0 Å². The number of hydrogen-bond acceptors (Lipinski definition) is 3. The average molecular weight is 273 g/mol. The first-order valence-electron chi connectivity index (χ1n) is 6.11. The van der Waals surface area contributed by atoms with Gasteiger partial charge in [-0.25, -0.2) is 4.39 Å². The Hall–Kier alpha value is -2.56. The minimum absolute atomic E-state index is 0.0420. The lowest BCUT2D eigenvalue weighted by molar-refractivity contribution is 0.102. The van der Waals surface area contributed by atoms with Crippen molar-refractivity contribution in [3.63, 3.8) is 0 Å². The van der Waals surface area contributed by atoms with Crippen LogP contribution in [0.2, 0.25) is 0 Å². The molecule has 0 bridgehead atoms. The van der Waals surface area contributed by atoms with E-state index in [2.05, 4.69) is 5.32 Å². The molecule has 0 heterocycles. The van der Waals surface area contributed by atoms with Gasteiger partial charge < -0.3 is 16.0 Å². The number of nitrogens with one attached hydrogen (secondary N) is 1. The number of rotatable bonds is 3. The second-order valence-electron chi connectivity index (χ2n) is 4.64. The summed E-state index contributed by atoms with van der Waals surface area (Å²) in [5.41, 5.74) is 7.37. The normalized spacial score (nSPS) is 10.2. The monoisotopic (exact) mass is 273 g/mol. The fraction of sp³-hybridized carbons (Fsp3) is 0.133. The Balaban J connectivity index is 2.19. The van der Waals surface area contributed by atoms with Gasteiger partial charge in [0.1, 0.15) is 5.82 Å². The summed E-state index contributed by atoms with van der Waals surface area (Å²) < 4.78 is 13.1. The van der Waals surface area contributed by atoms with Crippen LogP contribution in [0.4, 0.5) is 21.5 Å². The Bertz CT molecular complexity index is 641. The maximum atomic E-state index is 13.1. The standard InChI is InChI=1S/C15H16FN3O/c1-19(2)12-5-3-4-11(9-12)18-15(20)10-6-7-13(16)14(17)8-10/h3-9H,17H2,1-2H3,(H,18,20). The van der Waals surface area contributed by atoms with Gasteiger partial charge >= 0.3 is 0 Å². The van der Waals surface area contributed by atoms with Crippen molar-refractivity contribution in [1.29, 1.82) is 0 Å². The molecule has 2 aromatic carbocycles. The Kier molecular flexibility index (Phi) is 3.89. The SMILES string of the molecule is CN(C)c1cccc(NC(=O)c2ccc(F)c(N)c2)c1. The molecule has 104 valence electrons. The zero-order chi connectivity index (χ0) is 14.7. The molecule has 0 fully saturated rings. The predicted octanol–water partition coefficient (Wildman–Crippen LogP) is 2.73. The second-order valence-corrected chi connectivity index (χ2v) is 4.64. The van der Waals surface area contributed by atoms with Crippen LogP contribution in [0, 0.1) is 5.82 Å². The van der Waals surface area contributed by atoms with E-state index in [4.69, 9.17) is 5.73 Å². The molecular formula is C15H16FN3O. The Morgan fingerprint density at radius 1 is 1.20 bits per heavy atom. The fourth-order valence-corrected chi connectivity index (χ4v) is 1.75. The molecule has 2 rings (SSSR count). The molecule has 0 aromatic heterocycles. The van der Waals surface area contributed by atoms with E-state index < -0.39 is 5.82 Å². The van der Waals surface area contributed by atoms with Crippen molar-refractivity contribution in [2.24, 2.45) is 0 Å². The zero-order valence-electron chi connectivity index (χ0n) is 11.4. The van der Waals surface area contributed by atoms with Gasteiger partial charge in [-0.3, -0.25) is 4.79 Å². The largest absolute Gasteiger partial charge is 0.396 e. The van der Waals surface area contributed by atoms with Crippen molar-refractivity contribution in [2.75, 3.05) is 30.0 Å². The average Bonchev–Trinajstić information content (AvgIpc) is 2.42. The van der Waals surface area contributed by atoms with Gasteiger partial charge in [-0.05, 0) is 36.4 Å². The van der Waals surface area contributed by atoms with E-state index in [0.29, 0.717) is 11.3 Å². The van der Waals surface area contributed by atoms with Crippen LogP contribution in [0.25, 0.3) is 0 Å². The lowest BCUT2D eigenvalue weighted by Gasteiger charge is -2.14. The zero-order valence-corrected chi connectivity index (χ0v) is 11.4. The van der Waals surface area contributed by atoms with Crippen molar-refractivity contribution in [3.05, 3.63) is 53.8 Å². The maximum absolute atomic E-state index is 13.1. The molecule has 5 heteroatoms. The van der Waals surface area contributed by atoms with E-state index >= 15 is 0 Å². The highest BCUT2D eigenvalue weighted by atomic mass is 19.1. The van der Waals surface area contributed by atoms with Crippen LogP contribution in [-0.4, -0.2) is 20.0 Å². The molecular weight excluding hydrogens is 257 g/mol. The quantitative estimate of drug-likeness (QED) is 0.845. The van der Waals surface area contributed by atoms with Gasteiger partial charge in [-0.2, -0.15) is 0 Å². The number of carbonyl (C=O) groups is 1. The van der Waals surface area contributed by atoms with E-state index in [-0.39, 0.29) is 11.6 Å². The molecule has 0 aliphatic rings. The summed E-state index contributed by atoms with van der Waals surface area (Å²) in [5, 5.41) is 2.76. The van der Waals surface area contributed by atoms with E-state index in [1.807, 2.05) is 37.2 Å². The summed E-state index contributed by atoms with van der Waals surface area (Å²) in [6.07, 6.45) is 0. The third-order valence-corrected chi connectivity index (χ3v) is 2.88. The van der Waals surface area contributed by atoms with Crippen molar-refractivity contribution in [1.82, 2.24) is 0 Å². The highest BCUT2D eigenvalue weighted by molar-refractivity contribution is 6.04. The summed E-state index contributed by atoms with van der Waals surface area (Å²) in [6.45, 7) is 0. The molecule has 0 unspecified atom stereocenters. The Morgan fingerprint density at radius 2 is 1.95 bits per heavy atom. The van der Waals surface area contributed by atoms with Crippen LogP contribution in [0.1, 0.15) is 10.4 Å². The molecule has 3 N–H and O–H groups in total. The van der Waals surface area contributed by atoms with Crippen LogP contribution < -0.4 is 16.0 Å². The highest BCUT2D eigenvalue weighted by Crippen LogP contribution is 2.19. The molecule has 0 atom stereocenters. The number of amides is 1. The molecule has 1 amide bonds. The van der Waals surface area contributed by atoms with Gasteiger partial charge in [0.2, 0.25) is 0 Å². The third-order valence-electron chi connectivity index (χ3n) is 2.88. The first-order chi connectivity index (χ1) is 9.47. The smallest absolute Gasteiger partial charge is 0.255 e. The number of nitrogens with two attached hydrogens (primary N) is 1. The van der Waals surface area contributed by atoms with E-state index in [1.165, 1.54) is 18.2 Å². The lowest BCUT2D eigenvalue weighted by Crippen LogP contribution is -2.14. The topological polar surface area (TPSA) is 58.4 Å². The summed E-state index contributed by atoms with van der Waals surface area (Å²) in [4.78, 5) is 14.0. The Labute approximate surface area is 117 Å². The van der Waals surface area contributed by atoms with Crippen molar-refractivity contribution in [3.8, 4) is 0 Å². The van der Waals surface area contributed by atoms with Crippen LogP contribution in [0.15, 0.2) is 42.5 Å². The molecule has 2 aromatic rings. The van der Waals surface area contributed by atoms with Gasteiger partial charge in [0.25, 0.3) is 5.91 Å². The second kappa shape index (κ2) is 5.61. The molecule has 0 saturated carbocycles. The van der Waals surface area contributed by atoms with Crippen LogP contribution in [0.3, 0.4) is 0 Å². The number of nitrogens with zero attached hydrogens (tertiary/aromatic N) is 1. The number of carbonyl (C=O) groups excluding carboxylic acids is 1. The first-order valence-corrected chi connectivity index (χ1v) is 6.11. The number of hydrogen-bond donors (Lipinski definition) is 2. The van der Waals surface area contributed by atoms with E-state index in [9.17, 15) is 9.18 Å². The van der Waals surface area contributed by atoms with Crippen LogP contribution >= 0.6 is 0 Å². The number of halogens is 1. The highest BCUT2D eigenvalue weighted by Gasteiger charge is 2.09. The van der Waals surface area contributed by atoms with Crippen LogP contribution in [-0.2, 0) is 0 Å². The molecule has 0 saturated heterocycles.